The zero-order valence-electron chi connectivity index (χ0n) is 9.26. The molecule has 0 atom stereocenters. The quantitative estimate of drug-likeness (QED) is 0.880. The van der Waals surface area contributed by atoms with Crippen LogP contribution in [0.3, 0.4) is 0 Å². The van der Waals surface area contributed by atoms with Crippen molar-refractivity contribution >= 4 is 27.6 Å². The number of benzene rings is 1. The molecule has 0 unspecified atom stereocenters. The average Bonchev–Trinajstić information content (AvgIpc) is 2.82. The van der Waals surface area contributed by atoms with Crippen LogP contribution >= 0.6 is 15.9 Å². The first-order valence-electron chi connectivity index (χ1n) is 5.19. The number of aromatic carboxylic acids is 1. The number of carboxylic acids is 1. The zero-order valence-corrected chi connectivity index (χ0v) is 10.8. The maximum absolute atomic E-state index is 11.0. The summed E-state index contributed by atoms with van der Waals surface area (Å²) in [6, 6.07) is 4.95. The number of rotatable bonds is 5. The van der Waals surface area contributed by atoms with Gasteiger partial charge in [-0.3, -0.25) is 0 Å². The molecule has 0 amide bonds. The van der Waals surface area contributed by atoms with Gasteiger partial charge in [-0.2, -0.15) is 4.98 Å². The number of hydrogen-bond donors (Lipinski definition) is 2. The Bertz CT molecular complexity index is 542. The highest BCUT2D eigenvalue weighted by molar-refractivity contribution is 9.10. The lowest BCUT2D eigenvalue weighted by atomic mass is 10.2. The van der Waals surface area contributed by atoms with Gasteiger partial charge < -0.3 is 14.9 Å². The lowest BCUT2D eigenvalue weighted by Gasteiger charge is -2.08. The molecular formula is C11H10BrN3O3. The summed E-state index contributed by atoms with van der Waals surface area (Å²) in [5, 5.41) is 15.6. The van der Waals surface area contributed by atoms with E-state index in [1.54, 1.807) is 18.2 Å². The van der Waals surface area contributed by atoms with E-state index in [2.05, 4.69) is 31.4 Å². The van der Waals surface area contributed by atoms with E-state index in [4.69, 9.17) is 9.63 Å². The molecular weight excluding hydrogens is 302 g/mol. The van der Waals surface area contributed by atoms with Gasteiger partial charge >= 0.3 is 5.97 Å². The number of halogens is 1. The van der Waals surface area contributed by atoms with Crippen LogP contribution in [0.1, 0.15) is 16.2 Å². The maximum Gasteiger partial charge on any atom is 0.337 e. The molecule has 18 heavy (non-hydrogen) atoms. The molecule has 0 fully saturated rings. The van der Waals surface area contributed by atoms with Gasteiger partial charge in [0.15, 0.2) is 6.33 Å². The first-order chi connectivity index (χ1) is 8.66. The van der Waals surface area contributed by atoms with E-state index in [9.17, 15) is 4.79 Å². The van der Waals surface area contributed by atoms with Crippen LogP contribution in [0.4, 0.5) is 5.69 Å². The number of hydrogen-bond acceptors (Lipinski definition) is 5. The van der Waals surface area contributed by atoms with E-state index < -0.39 is 5.97 Å². The van der Waals surface area contributed by atoms with E-state index >= 15 is 0 Å². The Labute approximate surface area is 111 Å². The van der Waals surface area contributed by atoms with Crippen molar-refractivity contribution in [2.75, 3.05) is 11.9 Å². The van der Waals surface area contributed by atoms with Gasteiger partial charge in [0.1, 0.15) is 0 Å². The second-order valence-corrected chi connectivity index (χ2v) is 4.42. The Morgan fingerprint density at radius 3 is 3.00 bits per heavy atom. The summed E-state index contributed by atoms with van der Waals surface area (Å²) in [5.41, 5.74) is 0.778. The Balaban J connectivity index is 2.03. The van der Waals surface area contributed by atoms with Crippen molar-refractivity contribution in [1.82, 2.24) is 10.1 Å². The summed E-state index contributed by atoms with van der Waals surface area (Å²) in [6.45, 7) is 0.513. The molecule has 1 aromatic heterocycles. The van der Waals surface area contributed by atoms with Gasteiger partial charge in [0, 0.05) is 23.1 Å². The number of nitrogens with zero attached hydrogens (tertiary/aromatic N) is 2. The van der Waals surface area contributed by atoms with E-state index in [-0.39, 0.29) is 5.56 Å². The summed E-state index contributed by atoms with van der Waals surface area (Å²) in [5.74, 6) is -0.461. The van der Waals surface area contributed by atoms with Crippen LogP contribution in [-0.4, -0.2) is 27.8 Å². The Morgan fingerprint density at radius 2 is 2.33 bits per heavy atom. The number of anilines is 1. The van der Waals surface area contributed by atoms with Crippen LogP contribution in [0.5, 0.6) is 0 Å². The SMILES string of the molecule is O=C(O)c1ccc(Br)cc1NCCc1ncno1. The molecule has 94 valence electrons. The lowest BCUT2D eigenvalue weighted by Crippen LogP contribution is -2.09. The summed E-state index contributed by atoms with van der Waals surface area (Å²) in [6.07, 6.45) is 1.86. The van der Waals surface area contributed by atoms with Crippen LogP contribution in [0.2, 0.25) is 0 Å². The van der Waals surface area contributed by atoms with Crippen LogP contribution in [0.15, 0.2) is 33.5 Å². The van der Waals surface area contributed by atoms with E-state index in [0.717, 1.165) is 4.47 Å². The second kappa shape index (κ2) is 5.63. The normalized spacial score (nSPS) is 10.3. The first kappa shape index (κ1) is 12.6. The number of carbonyl (C=O) groups is 1. The Kier molecular flexibility index (Phi) is 3.93. The molecule has 0 bridgehead atoms. The van der Waals surface area contributed by atoms with Gasteiger partial charge in [0.2, 0.25) is 5.89 Å². The first-order valence-corrected chi connectivity index (χ1v) is 5.98. The molecule has 0 aliphatic carbocycles. The van der Waals surface area contributed by atoms with Crippen molar-refractivity contribution < 1.29 is 14.4 Å². The summed E-state index contributed by atoms with van der Waals surface area (Å²) in [7, 11) is 0. The summed E-state index contributed by atoms with van der Waals surface area (Å²) < 4.78 is 5.66. The molecule has 0 spiro atoms. The number of aromatic nitrogens is 2. The van der Waals surface area contributed by atoms with Crippen LogP contribution < -0.4 is 5.32 Å². The standard InChI is InChI=1S/C11H10BrN3O3/c12-7-1-2-8(11(16)17)9(5-7)13-4-3-10-14-6-15-18-10/h1-2,5-6,13H,3-4H2,(H,16,17). The lowest BCUT2D eigenvalue weighted by molar-refractivity contribution is 0.0698. The highest BCUT2D eigenvalue weighted by atomic mass is 79.9. The van der Waals surface area contributed by atoms with Gasteiger partial charge in [-0.1, -0.05) is 21.1 Å². The third-order valence-electron chi connectivity index (χ3n) is 2.27. The fourth-order valence-corrected chi connectivity index (χ4v) is 1.82. The van der Waals surface area contributed by atoms with E-state index in [1.807, 2.05) is 0 Å². The minimum atomic E-state index is -0.970. The second-order valence-electron chi connectivity index (χ2n) is 3.51. The highest BCUT2D eigenvalue weighted by Gasteiger charge is 2.10. The minimum Gasteiger partial charge on any atom is -0.478 e. The fourth-order valence-electron chi connectivity index (χ4n) is 1.46. The number of carboxylic acid groups (broad SMARTS) is 1. The van der Waals surface area contributed by atoms with Crippen LogP contribution in [0.25, 0.3) is 0 Å². The molecule has 0 saturated heterocycles. The topological polar surface area (TPSA) is 88.2 Å². The molecule has 0 saturated carbocycles. The molecule has 1 heterocycles. The molecule has 0 radical (unpaired) electrons. The van der Waals surface area contributed by atoms with Gasteiger partial charge in [-0.05, 0) is 18.2 Å². The van der Waals surface area contributed by atoms with Crippen molar-refractivity contribution in [1.29, 1.82) is 0 Å². The molecule has 2 aromatic rings. The molecule has 2 rings (SSSR count). The molecule has 0 aliphatic heterocycles. The fraction of sp³-hybridized carbons (Fsp3) is 0.182. The zero-order chi connectivity index (χ0) is 13.0. The highest BCUT2D eigenvalue weighted by Crippen LogP contribution is 2.21. The molecule has 1 aromatic carbocycles. The van der Waals surface area contributed by atoms with Crippen molar-refractivity contribution in [2.45, 2.75) is 6.42 Å². The molecule has 6 nitrogen and oxygen atoms in total. The Morgan fingerprint density at radius 1 is 1.50 bits per heavy atom. The van der Waals surface area contributed by atoms with Crippen molar-refractivity contribution in [2.24, 2.45) is 0 Å². The monoisotopic (exact) mass is 311 g/mol. The predicted molar refractivity (Wildman–Crippen MR) is 67.6 cm³/mol. The summed E-state index contributed by atoms with van der Waals surface area (Å²) in [4.78, 5) is 14.9. The maximum atomic E-state index is 11.0. The van der Waals surface area contributed by atoms with Crippen LogP contribution in [0, 0.1) is 0 Å². The minimum absolute atomic E-state index is 0.226. The predicted octanol–water partition coefficient (Wildman–Crippen LogP) is 2.18. The van der Waals surface area contributed by atoms with Crippen LogP contribution in [-0.2, 0) is 6.42 Å². The van der Waals surface area contributed by atoms with Crippen molar-refractivity contribution in [3.8, 4) is 0 Å². The van der Waals surface area contributed by atoms with Gasteiger partial charge in [0.05, 0.1) is 5.56 Å². The number of nitrogens with one attached hydrogen (secondary N) is 1. The van der Waals surface area contributed by atoms with E-state index in [0.29, 0.717) is 24.5 Å². The smallest absolute Gasteiger partial charge is 0.337 e. The van der Waals surface area contributed by atoms with Gasteiger partial charge in [0.25, 0.3) is 0 Å². The largest absolute Gasteiger partial charge is 0.478 e. The summed E-state index contributed by atoms with van der Waals surface area (Å²) >= 11 is 3.30. The van der Waals surface area contributed by atoms with Gasteiger partial charge in [-0.15, -0.1) is 0 Å². The molecule has 2 N–H and O–H groups in total. The third kappa shape index (κ3) is 3.07. The van der Waals surface area contributed by atoms with Crippen molar-refractivity contribution in [3.05, 3.63) is 40.5 Å². The Hall–Kier alpha value is -1.89. The third-order valence-corrected chi connectivity index (χ3v) is 2.77. The molecule has 0 aliphatic rings. The van der Waals surface area contributed by atoms with E-state index in [1.165, 1.54) is 6.33 Å². The average molecular weight is 312 g/mol. The van der Waals surface area contributed by atoms with Crippen molar-refractivity contribution in [3.63, 3.8) is 0 Å². The molecule has 7 heteroatoms. The van der Waals surface area contributed by atoms with Gasteiger partial charge in [-0.25, -0.2) is 4.79 Å².